The van der Waals surface area contributed by atoms with Crippen molar-refractivity contribution >= 4 is 6.47 Å². The van der Waals surface area contributed by atoms with Crippen LogP contribution in [-0.4, -0.2) is 29.3 Å². The molecule has 0 saturated heterocycles. The second kappa shape index (κ2) is 15.7. The molecule has 9 heavy (non-hydrogen) atoms. The molecule has 0 aliphatic carbocycles. The molecule has 0 aliphatic rings. The van der Waals surface area contributed by atoms with Crippen molar-refractivity contribution in [2.45, 2.75) is 13.0 Å². The van der Waals surface area contributed by atoms with Crippen molar-refractivity contribution in [1.82, 2.24) is 0 Å². The molecule has 0 bridgehead atoms. The van der Waals surface area contributed by atoms with Gasteiger partial charge in [-0.05, 0) is 6.92 Å². The van der Waals surface area contributed by atoms with Crippen molar-refractivity contribution in [1.29, 1.82) is 0 Å². The van der Waals surface area contributed by atoms with Crippen LogP contribution in [0.2, 0.25) is 0 Å². The van der Waals surface area contributed by atoms with Gasteiger partial charge in [-0.15, -0.1) is 0 Å². The molecule has 4 nitrogen and oxygen atoms in total. The fraction of sp³-hybridized carbons (Fsp3) is 0.750. The van der Waals surface area contributed by atoms with Crippen molar-refractivity contribution in [2.24, 2.45) is 5.73 Å². The van der Waals surface area contributed by atoms with Gasteiger partial charge in [0.05, 0.1) is 6.10 Å². The van der Waals surface area contributed by atoms with Crippen molar-refractivity contribution in [3.05, 3.63) is 0 Å². The number of carbonyl (C=O) groups is 1. The number of aliphatic hydroxyl groups excluding tert-OH is 1. The first-order valence-corrected chi connectivity index (χ1v) is 2.15. The molecule has 0 amide bonds. The third kappa shape index (κ3) is 75.8. The van der Waals surface area contributed by atoms with Gasteiger partial charge < -0.3 is 15.9 Å². The Kier molecular flexibility index (Phi) is 27.8. The van der Waals surface area contributed by atoms with E-state index in [0.717, 1.165) is 0 Å². The van der Waals surface area contributed by atoms with Gasteiger partial charge in [0.25, 0.3) is 6.47 Å². The molecule has 1 unspecified atom stereocenters. The summed E-state index contributed by atoms with van der Waals surface area (Å²) in [5.74, 6) is 0. The zero-order chi connectivity index (χ0) is 6.99. The summed E-state index contributed by atoms with van der Waals surface area (Å²) in [4.78, 5) is 8.36. The van der Waals surface area contributed by atoms with E-state index in [1.165, 1.54) is 0 Å². The predicted octanol–water partition coefficient (Wildman–Crippen LogP) is -0.976. The van der Waals surface area contributed by atoms with Crippen molar-refractivity contribution < 1.29 is 32.1 Å². The first kappa shape index (κ1) is 16.0. The molecule has 0 aromatic rings. The van der Waals surface area contributed by atoms with Gasteiger partial charge in [0, 0.05) is 23.6 Å². The van der Waals surface area contributed by atoms with Gasteiger partial charge in [0.2, 0.25) is 0 Å². The van der Waals surface area contributed by atoms with Gasteiger partial charge in [-0.2, -0.15) is 0 Å². The summed E-state index contributed by atoms with van der Waals surface area (Å²) >= 11 is 0. The Labute approximate surface area is 64.5 Å². The Morgan fingerprint density at radius 3 is 1.89 bits per heavy atom. The van der Waals surface area contributed by atoms with E-state index in [0.29, 0.717) is 6.54 Å². The molecule has 0 aromatic heterocycles. The standard InChI is InChI=1S/C3H9NO.CH2O2.Cu/c1-3(5)2-4;2-1-3;/h3,5H,2,4H2,1H3;1H,(H,2,3);. The number of carboxylic acid groups (broad SMARTS) is 1. The molecular formula is C4H11CuNO3. The van der Waals surface area contributed by atoms with E-state index in [-0.39, 0.29) is 29.6 Å². The summed E-state index contributed by atoms with van der Waals surface area (Å²) in [6, 6.07) is 0. The number of aliphatic hydroxyl groups is 1. The van der Waals surface area contributed by atoms with Gasteiger partial charge in [-0.25, -0.2) is 0 Å². The monoisotopic (exact) mass is 184 g/mol. The summed E-state index contributed by atoms with van der Waals surface area (Å²) in [6.45, 7) is 1.76. The maximum atomic E-state index is 8.36. The van der Waals surface area contributed by atoms with Gasteiger partial charge >= 0.3 is 0 Å². The minimum absolute atomic E-state index is 0. The molecule has 0 heterocycles. The van der Waals surface area contributed by atoms with Gasteiger partial charge in [-0.1, -0.05) is 0 Å². The Bertz CT molecular complexity index is 51.1. The van der Waals surface area contributed by atoms with Crippen LogP contribution in [0.4, 0.5) is 0 Å². The summed E-state index contributed by atoms with van der Waals surface area (Å²) in [5, 5.41) is 15.1. The van der Waals surface area contributed by atoms with Crippen LogP contribution in [0.5, 0.6) is 0 Å². The molecule has 4 N–H and O–H groups in total. The van der Waals surface area contributed by atoms with Gasteiger partial charge in [-0.3, -0.25) is 4.79 Å². The van der Waals surface area contributed by atoms with Crippen LogP contribution in [0.3, 0.4) is 0 Å². The second-order valence-corrected chi connectivity index (χ2v) is 1.19. The van der Waals surface area contributed by atoms with E-state index in [1.807, 2.05) is 0 Å². The van der Waals surface area contributed by atoms with Crippen LogP contribution < -0.4 is 5.73 Å². The summed E-state index contributed by atoms with van der Waals surface area (Å²) in [7, 11) is 0. The number of hydrogen-bond donors (Lipinski definition) is 3. The molecule has 0 aliphatic heterocycles. The Morgan fingerprint density at radius 1 is 1.78 bits per heavy atom. The Balaban J connectivity index is -0.0000000800. The molecule has 1 radical (unpaired) electrons. The first-order chi connectivity index (χ1) is 3.68. The average Bonchev–Trinajstić information content (AvgIpc) is 1.69. The largest absolute Gasteiger partial charge is 0.483 e. The van der Waals surface area contributed by atoms with Crippen LogP contribution in [0.15, 0.2) is 0 Å². The molecule has 61 valence electrons. The predicted molar refractivity (Wildman–Crippen MR) is 29.4 cm³/mol. The summed E-state index contributed by atoms with van der Waals surface area (Å²) in [6.07, 6.45) is -0.338. The zero-order valence-corrected chi connectivity index (χ0v) is 5.98. The molecule has 5 heteroatoms. The van der Waals surface area contributed by atoms with Crippen LogP contribution in [0.1, 0.15) is 6.92 Å². The maximum Gasteiger partial charge on any atom is 0.290 e. The Hall–Kier alpha value is -0.0905. The van der Waals surface area contributed by atoms with Crippen molar-refractivity contribution in [2.75, 3.05) is 6.54 Å². The first-order valence-electron chi connectivity index (χ1n) is 2.15. The summed E-state index contributed by atoms with van der Waals surface area (Å²) in [5.41, 5.74) is 4.92. The summed E-state index contributed by atoms with van der Waals surface area (Å²) < 4.78 is 0. The normalized spacial score (nSPS) is 9.67. The fourth-order valence-electron chi connectivity index (χ4n) is 0. The van der Waals surface area contributed by atoms with E-state index >= 15 is 0 Å². The van der Waals surface area contributed by atoms with E-state index in [9.17, 15) is 0 Å². The van der Waals surface area contributed by atoms with Crippen LogP contribution >= 0.6 is 0 Å². The van der Waals surface area contributed by atoms with E-state index in [2.05, 4.69) is 0 Å². The number of nitrogens with two attached hydrogens (primary N) is 1. The quantitative estimate of drug-likeness (QED) is 0.362. The third-order valence-electron chi connectivity index (χ3n) is 0.341. The van der Waals surface area contributed by atoms with Crippen LogP contribution in [0, 0.1) is 0 Å². The van der Waals surface area contributed by atoms with E-state index < -0.39 is 0 Å². The Morgan fingerprint density at radius 2 is 1.89 bits per heavy atom. The number of hydrogen-bond acceptors (Lipinski definition) is 3. The minimum Gasteiger partial charge on any atom is -0.483 e. The topological polar surface area (TPSA) is 83.5 Å². The van der Waals surface area contributed by atoms with Gasteiger partial charge in [0.1, 0.15) is 0 Å². The number of rotatable bonds is 1. The average molecular weight is 185 g/mol. The zero-order valence-electron chi connectivity index (χ0n) is 5.04. The van der Waals surface area contributed by atoms with E-state index in [4.69, 9.17) is 20.7 Å². The second-order valence-electron chi connectivity index (χ2n) is 1.19. The van der Waals surface area contributed by atoms with Crippen molar-refractivity contribution in [3.8, 4) is 0 Å². The SMILES string of the molecule is CC(O)CN.O=CO.[Cu]. The maximum absolute atomic E-state index is 8.36. The third-order valence-corrected chi connectivity index (χ3v) is 0.341. The molecular weight excluding hydrogens is 174 g/mol. The molecule has 1 atom stereocenters. The van der Waals surface area contributed by atoms with Crippen LogP contribution in [-0.2, 0) is 21.9 Å². The molecule has 0 aromatic carbocycles. The fourth-order valence-corrected chi connectivity index (χ4v) is 0. The van der Waals surface area contributed by atoms with Gasteiger partial charge in [0.15, 0.2) is 0 Å². The minimum atomic E-state index is -0.338. The van der Waals surface area contributed by atoms with Crippen LogP contribution in [0.25, 0.3) is 0 Å². The smallest absolute Gasteiger partial charge is 0.290 e. The van der Waals surface area contributed by atoms with E-state index in [1.54, 1.807) is 6.92 Å². The van der Waals surface area contributed by atoms with Crippen molar-refractivity contribution in [3.63, 3.8) is 0 Å². The molecule has 0 rings (SSSR count). The molecule has 0 fully saturated rings. The molecule has 0 spiro atoms. The molecule has 0 saturated carbocycles.